The second-order valence-electron chi connectivity index (χ2n) is 6.09. The maximum atomic E-state index is 12.9. The third-order valence-electron chi connectivity index (χ3n) is 4.35. The highest BCUT2D eigenvalue weighted by Crippen LogP contribution is 2.31. The van der Waals surface area contributed by atoms with Gasteiger partial charge >= 0.3 is 0 Å². The lowest BCUT2D eigenvalue weighted by Gasteiger charge is -2.21. The molecule has 26 heavy (non-hydrogen) atoms. The lowest BCUT2D eigenvalue weighted by Crippen LogP contribution is -2.29. The van der Waals surface area contributed by atoms with Crippen molar-refractivity contribution in [3.8, 4) is 11.5 Å². The number of benzene rings is 3. The molecule has 130 valence electrons. The fourth-order valence-corrected chi connectivity index (χ4v) is 3.05. The summed E-state index contributed by atoms with van der Waals surface area (Å²) in [6, 6.07) is 24.9. The van der Waals surface area contributed by atoms with Gasteiger partial charge in [0.1, 0.15) is 13.2 Å². The first-order valence-corrected chi connectivity index (χ1v) is 8.62. The minimum Gasteiger partial charge on any atom is -0.486 e. The molecule has 3 aromatic rings. The maximum Gasteiger partial charge on any atom is 0.252 e. The summed E-state index contributed by atoms with van der Waals surface area (Å²) in [5, 5.41) is 3.14. The average molecular weight is 345 g/mol. The molecule has 4 heteroatoms. The summed E-state index contributed by atoms with van der Waals surface area (Å²) < 4.78 is 11.1. The summed E-state index contributed by atoms with van der Waals surface area (Å²) in [7, 11) is 0. The Bertz CT molecular complexity index is 854. The first-order chi connectivity index (χ1) is 12.8. The summed E-state index contributed by atoms with van der Waals surface area (Å²) in [6.07, 6.45) is 0. The number of fused-ring (bicyclic) bond motifs is 1. The Morgan fingerprint density at radius 2 is 1.35 bits per heavy atom. The maximum absolute atomic E-state index is 12.9. The third kappa shape index (κ3) is 3.40. The number of hydrogen-bond acceptors (Lipinski definition) is 3. The van der Waals surface area contributed by atoms with Crippen molar-refractivity contribution in [2.75, 3.05) is 13.2 Å². The van der Waals surface area contributed by atoms with E-state index in [4.69, 9.17) is 9.47 Å². The summed E-state index contributed by atoms with van der Waals surface area (Å²) in [4.78, 5) is 12.9. The van der Waals surface area contributed by atoms with Crippen molar-refractivity contribution in [3.63, 3.8) is 0 Å². The smallest absolute Gasteiger partial charge is 0.252 e. The van der Waals surface area contributed by atoms with Crippen molar-refractivity contribution in [1.29, 1.82) is 0 Å². The molecule has 0 radical (unpaired) electrons. The van der Waals surface area contributed by atoms with Gasteiger partial charge in [-0.05, 0) is 29.3 Å². The molecule has 0 fully saturated rings. The Morgan fingerprint density at radius 1 is 0.769 bits per heavy atom. The van der Waals surface area contributed by atoms with Crippen molar-refractivity contribution in [3.05, 3.63) is 95.6 Å². The molecule has 1 heterocycles. The Hall–Kier alpha value is -3.27. The van der Waals surface area contributed by atoms with Crippen LogP contribution in [0.25, 0.3) is 0 Å². The molecule has 1 N–H and O–H groups in total. The van der Waals surface area contributed by atoms with E-state index in [-0.39, 0.29) is 11.9 Å². The second kappa shape index (κ2) is 7.31. The highest BCUT2D eigenvalue weighted by Gasteiger charge is 2.19. The summed E-state index contributed by atoms with van der Waals surface area (Å²) in [5.74, 6) is 1.13. The SMILES string of the molecule is O=C(NC(c1ccccc1)c1ccccc1)c1ccc2c(c1)OCCO2. The first-order valence-electron chi connectivity index (χ1n) is 8.62. The Balaban J connectivity index is 1.62. The van der Waals surface area contributed by atoms with E-state index in [1.54, 1.807) is 18.2 Å². The van der Waals surface area contributed by atoms with Crippen LogP contribution in [-0.4, -0.2) is 19.1 Å². The number of rotatable bonds is 4. The van der Waals surface area contributed by atoms with Crippen LogP contribution in [0.4, 0.5) is 0 Å². The van der Waals surface area contributed by atoms with Gasteiger partial charge in [0.2, 0.25) is 0 Å². The van der Waals surface area contributed by atoms with Gasteiger partial charge in [-0.1, -0.05) is 60.7 Å². The van der Waals surface area contributed by atoms with Gasteiger partial charge in [0, 0.05) is 5.56 Å². The molecule has 1 aliphatic heterocycles. The van der Waals surface area contributed by atoms with Crippen LogP contribution < -0.4 is 14.8 Å². The molecule has 4 nitrogen and oxygen atoms in total. The summed E-state index contributed by atoms with van der Waals surface area (Å²) in [5.41, 5.74) is 2.61. The molecule has 1 aliphatic rings. The van der Waals surface area contributed by atoms with E-state index in [1.165, 1.54) is 0 Å². The van der Waals surface area contributed by atoms with E-state index in [0.717, 1.165) is 11.1 Å². The quantitative estimate of drug-likeness (QED) is 0.778. The van der Waals surface area contributed by atoms with Crippen LogP contribution in [0, 0.1) is 0 Å². The van der Waals surface area contributed by atoms with E-state index in [2.05, 4.69) is 5.32 Å². The van der Waals surface area contributed by atoms with Crippen LogP contribution in [0.2, 0.25) is 0 Å². The molecular weight excluding hydrogens is 326 g/mol. The monoisotopic (exact) mass is 345 g/mol. The molecule has 0 saturated heterocycles. The molecule has 0 atom stereocenters. The standard InChI is InChI=1S/C22H19NO3/c24-22(18-11-12-19-20(15-18)26-14-13-25-19)23-21(16-7-3-1-4-8-16)17-9-5-2-6-10-17/h1-12,15,21H,13-14H2,(H,23,24). The lowest BCUT2D eigenvalue weighted by atomic mass is 9.98. The lowest BCUT2D eigenvalue weighted by molar-refractivity contribution is 0.0941. The highest BCUT2D eigenvalue weighted by atomic mass is 16.6. The molecule has 0 aliphatic carbocycles. The van der Waals surface area contributed by atoms with E-state index >= 15 is 0 Å². The topological polar surface area (TPSA) is 47.6 Å². The van der Waals surface area contributed by atoms with Gasteiger partial charge < -0.3 is 14.8 Å². The number of ether oxygens (including phenoxy) is 2. The zero-order valence-electron chi connectivity index (χ0n) is 14.2. The Morgan fingerprint density at radius 3 is 1.96 bits per heavy atom. The van der Waals surface area contributed by atoms with Crippen molar-refractivity contribution in [2.24, 2.45) is 0 Å². The van der Waals surface area contributed by atoms with Crippen LogP contribution in [0.15, 0.2) is 78.9 Å². The van der Waals surface area contributed by atoms with E-state index < -0.39 is 0 Å². The van der Waals surface area contributed by atoms with Crippen LogP contribution in [-0.2, 0) is 0 Å². The molecule has 0 saturated carbocycles. The number of amides is 1. The first kappa shape index (κ1) is 16.2. The molecular formula is C22H19NO3. The fraction of sp³-hybridized carbons (Fsp3) is 0.136. The van der Waals surface area contributed by atoms with Gasteiger partial charge in [0.05, 0.1) is 6.04 Å². The van der Waals surface area contributed by atoms with E-state index in [0.29, 0.717) is 30.3 Å². The number of carbonyl (C=O) groups excluding carboxylic acids is 1. The van der Waals surface area contributed by atoms with Crippen molar-refractivity contribution >= 4 is 5.91 Å². The van der Waals surface area contributed by atoms with Crippen molar-refractivity contribution in [1.82, 2.24) is 5.32 Å². The van der Waals surface area contributed by atoms with Crippen LogP contribution in [0.1, 0.15) is 27.5 Å². The van der Waals surface area contributed by atoms with Gasteiger partial charge in [0.25, 0.3) is 5.91 Å². The van der Waals surface area contributed by atoms with Gasteiger partial charge in [-0.15, -0.1) is 0 Å². The minimum absolute atomic E-state index is 0.153. The predicted molar refractivity (Wildman–Crippen MR) is 99.6 cm³/mol. The van der Waals surface area contributed by atoms with E-state index in [9.17, 15) is 4.79 Å². The van der Waals surface area contributed by atoms with Crippen LogP contribution in [0.5, 0.6) is 11.5 Å². The number of carbonyl (C=O) groups is 1. The largest absolute Gasteiger partial charge is 0.486 e. The second-order valence-corrected chi connectivity index (χ2v) is 6.09. The zero-order chi connectivity index (χ0) is 17.8. The van der Waals surface area contributed by atoms with E-state index in [1.807, 2.05) is 60.7 Å². The molecule has 3 aromatic carbocycles. The van der Waals surface area contributed by atoms with Gasteiger partial charge in [0.15, 0.2) is 11.5 Å². The summed E-state index contributed by atoms with van der Waals surface area (Å²) >= 11 is 0. The Labute approximate surface area is 152 Å². The molecule has 0 spiro atoms. The number of nitrogens with one attached hydrogen (secondary N) is 1. The van der Waals surface area contributed by atoms with Crippen molar-refractivity contribution < 1.29 is 14.3 Å². The van der Waals surface area contributed by atoms with Crippen LogP contribution >= 0.6 is 0 Å². The predicted octanol–water partition coefficient (Wildman–Crippen LogP) is 3.98. The van der Waals surface area contributed by atoms with Crippen LogP contribution in [0.3, 0.4) is 0 Å². The third-order valence-corrected chi connectivity index (χ3v) is 4.35. The fourth-order valence-electron chi connectivity index (χ4n) is 3.05. The molecule has 0 unspecified atom stereocenters. The summed E-state index contributed by atoms with van der Waals surface area (Å²) in [6.45, 7) is 1.03. The molecule has 1 amide bonds. The molecule has 0 bridgehead atoms. The highest BCUT2D eigenvalue weighted by molar-refractivity contribution is 5.95. The van der Waals surface area contributed by atoms with Crippen molar-refractivity contribution in [2.45, 2.75) is 6.04 Å². The zero-order valence-corrected chi connectivity index (χ0v) is 14.2. The molecule has 4 rings (SSSR count). The minimum atomic E-state index is -0.224. The average Bonchev–Trinajstić information content (AvgIpc) is 2.72. The normalized spacial score (nSPS) is 12.7. The Kier molecular flexibility index (Phi) is 4.56. The molecule has 0 aromatic heterocycles. The van der Waals surface area contributed by atoms with Gasteiger partial charge in [-0.3, -0.25) is 4.79 Å². The van der Waals surface area contributed by atoms with Gasteiger partial charge in [-0.25, -0.2) is 0 Å². The number of hydrogen-bond donors (Lipinski definition) is 1. The van der Waals surface area contributed by atoms with Gasteiger partial charge in [-0.2, -0.15) is 0 Å².